The van der Waals surface area contributed by atoms with Gasteiger partial charge in [-0.2, -0.15) is 0 Å². The maximum atomic E-state index is 12.9. The second kappa shape index (κ2) is 9.83. The van der Waals surface area contributed by atoms with Crippen LogP contribution in [0.15, 0.2) is 35.5 Å². The van der Waals surface area contributed by atoms with Crippen LogP contribution in [0, 0.1) is 0 Å². The highest BCUT2D eigenvalue weighted by atomic mass is 32.2. The topological polar surface area (TPSA) is 57.5 Å². The average molecular weight is 455 g/mol. The Morgan fingerprint density at radius 1 is 1.00 bits per heavy atom. The third-order valence-electron chi connectivity index (χ3n) is 7.02. The number of thioether (sulfide) groups is 1. The molecule has 2 saturated heterocycles. The Morgan fingerprint density at radius 3 is 2.41 bits per heavy atom. The SMILES string of the molecule is CC(c1ccccc1)N1CCN(C(=O)CSc2nnc(N3CCCCC3)n2C2CC2)CC1. The molecular weight excluding hydrogens is 420 g/mol. The van der Waals surface area contributed by atoms with Crippen molar-refractivity contribution in [2.75, 3.05) is 49.9 Å². The summed E-state index contributed by atoms with van der Waals surface area (Å²) in [6.07, 6.45) is 6.16. The van der Waals surface area contributed by atoms with Gasteiger partial charge in [0.1, 0.15) is 0 Å². The maximum absolute atomic E-state index is 12.9. The van der Waals surface area contributed by atoms with Crippen molar-refractivity contribution in [3.8, 4) is 0 Å². The normalized spacial score (nSPS) is 21.0. The van der Waals surface area contributed by atoms with Crippen LogP contribution in [0.25, 0.3) is 0 Å². The number of benzene rings is 1. The summed E-state index contributed by atoms with van der Waals surface area (Å²) in [7, 11) is 0. The molecule has 8 heteroatoms. The predicted octanol–water partition coefficient (Wildman–Crippen LogP) is 3.60. The number of carbonyl (C=O) groups excluding carboxylic acids is 1. The first-order valence-corrected chi connectivity index (χ1v) is 13.1. The van der Waals surface area contributed by atoms with E-state index in [9.17, 15) is 4.79 Å². The van der Waals surface area contributed by atoms with E-state index in [2.05, 4.69) is 61.8 Å². The number of anilines is 1. The highest BCUT2D eigenvalue weighted by Gasteiger charge is 2.32. The molecule has 0 N–H and O–H groups in total. The van der Waals surface area contributed by atoms with Gasteiger partial charge in [0.2, 0.25) is 11.9 Å². The second-order valence-electron chi connectivity index (χ2n) is 9.22. The zero-order chi connectivity index (χ0) is 21.9. The van der Waals surface area contributed by atoms with Crippen molar-refractivity contribution in [3.05, 3.63) is 35.9 Å². The number of carbonyl (C=O) groups is 1. The predicted molar refractivity (Wildman–Crippen MR) is 128 cm³/mol. The zero-order valence-corrected chi connectivity index (χ0v) is 19.8. The smallest absolute Gasteiger partial charge is 0.233 e. The fraction of sp³-hybridized carbons (Fsp3) is 0.625. The first kappa shape index (κ1) is 21.8. The van der Waals surface area contributed by atoms with Crippen LogP contribution in [0.2, 0.25) is 0 Å². The van der Waals surface area contributed by atoms with E-state index < -0.39 is 0 Å². The van der Waals surface area contributed by atoms with Gasteiger partial charge in [-0.1, -0.05) is 42.1 Å². The van der Waals surface area contributed by atoms with Crippen molar-refractivity contribution >= 4 is 23.6 Å². The summed E-state index contributed by atoms with van der Waals surface area (Å²) in [4.78, 5) is 19.8. The molecule has 1 aromatic carbocycles. The van der Waals surface area contributed by atoms with E-state index in [1.165, 1.54) is 37.7 Å². The van der Waals surface area contributed by atoms with Crippen LogP contribution < -0.4 is 4.90 Å². The molecule has 7 nitrogen and oxygen atoms in total. The van der Waals surface area contributed by atoms with E-state index >= 15 is 0 Å². The summed E-state index contributed by atoms with van der Waals surface area (Å²) in [6, 6.07) is 11.5. The van der Waals surface area contributed by atoms with Gasteiger partial charge in [0.05, 0.1) is 5.75 Å². The maximum Gasteiger partial charge on any atom is 0.233 e. The van der Waals surface area contributed by atoms with E-state index in [1.54, 1.807) is 11.8 Å². The average Bonchev–Trinajstić information content (AvgIpc) is 3.61. The molecule has 1 amide bonds. The van der Waals surface area contributed by atoms with Gasteiger partial charge in [-0.3, -0.25) is 14.3 Å². The van der Waals surface area contributed by atoms with Crippen LogP contribution in [0.5, 0.6) is 0 Å². The minimum absolute atomic E-state index is 0.215. The Bertz CT molecular complexity index is 900. The molecule has 3 aliphatic rings. The molecule has 0 spiro atoms. The lowest BCUT2D eigenvalue weighted by atomic mass is 10.1. The van der Waals surface area contributed by atoms with Gasteiger partial charge in [0.25, 0.3) is 0 Å². The van der Waals surface area contributed by atoms with Crippen LogP contribution in [-0.2, 0) is 4.79 Å². The third kappa shape index (κ3) is 4.81. The van der Waals surface area contributed by atoms with Gasteiger partial charge in [0, 0.05) is 51.4 Å². The van der Waals surface area contributed by atoms with Crippen molar-refractivity contribution in [2.45, 2.75) is 56.3 Å². The molecule has 1 unspecified atom stereocenters. The fourth-order valence-corrected chi connectivity index (χ4v) is 5.75. The lowest BCUT2D eigenvalue weighted by Gasteiger charge is -2.38. The van der Waals surface area contributed by atoms with Crippen molar-refractivity contribution in [2.24, 2.45) is 0 Å². The number of piperidine rings is 1. The van der Waals surface area contributed by atoms with Crippen LogP contribution in [0.4, 0.5) is 5.95 Å². The largest absolute Gasteiger partial charge is 0.341 e. The van der Waals surface area contributed by atoms with Gasteiger partial charge in [-0.05, 0) is 44.6 Å². The minimum Gasteiger partial charge on any atom is -0.341 e. The summed E-state index contributed by atoms with van der Waals surface area (Å²) in [5, 5.41) is 9.94. The number of nitrogens with zero attached hydrogens (tertiary/aromatic N) is 6. The van der Waals surface area contributed by atoms with Crippen molar-refractivity contribution in [1.82, 2.24) is 24.6 Å². The van der Waals surface area contributed by atoms with E-state index in [0.717, 1.165) is 50.4 Å². The molecule has 172 valence electrons. The van der Waals surface area contributed by atoms with Gasteiger partial charge in [0.15, 0.2) is 5.16 Å². The Hall–Kier alpha value is -2.06. The third-order valence-corrected chi connectivity index (χ3v) is 7.95. The number of aromatic nitrogens is 3. The van der Waals surface area contributed by atoms with Crippen LogP contribution in [0.1, 0.15) is 56.7 Å². The number of rotatable bonds is 7. The molecule has 1 atom stereocenters. The standard InChI is InChI=1S/C24H34N6OS/c1-19(20-8-4-2-5-9-20)27-14-16-28(17-15-27)22(31)18-32-24-26-25-23(30(24)21-10-11-21)29-12-6-3-7-13-29/h2,4-5,8-9,19,21H,3,6-7,10-18H2,1H3. The number of hydrogen-bond acceptors (Lipinski definition) is 6. The summed E-state index contributed by atoms with van der Waals surface area (Å²) in [6.45, 7) is 7.83. The molecule has 3 heterocycles. The first-order chi connectivity index (χ1) is 15.7. The summed E-state index contributed by atoms with van der Waals surface area (Å²) in [5.41, 5.74) is 1.34. The minimum atomic E-state index is 0.215. The Balaban J connectivity index is 1.15. The van der Waals surface area contributed by atoms with E-state index in [-0.39, 0.29) is 5.91 Å². The van der Waals surface area contributed by atoms with Crippen molar-refractivity contribution in [3.63, 3.8) is 0 Å². The molecule has 2 aliphatic heterocycles. The lowest BCUT2D eigenvalue weighted by Crippen LogP contribution is -2.49. The monoisotopic (exact) mass is 454 g/mol. The van der Waals surface area contributed by atoms with E-state index in [1.807, 2.05) is 4.90 Å². The van der Waals surface area contributed by atoms with Crippen LogP contribution >= 0.6 is 11.8 Å². The molecule has 3 fully saturated rings. The second-order valence-corrected chi connectivity index (χ2v) is 10.2. The summed E-state index contributed by atoms with van der Waals surface area (Å²) < 4.78 is 2.31. The Kier molecular flexibility index (Phi) is 6.69. The highest BCUT2D eigenvalue weighted by Crippen LogP contribution is 2.41. The quantitative estimate of drug-likeness (QED) is 0.596. The summed E-state index contributed by atoms with van der Waals surface area (Å²) in [5.74, 6) is 1.68. The van der Waals surface area contributed by atoms with Crippen LogP contribution in [-0.4, -0.2) is 75.5 Å². The molecule has 1 saturated carbocycles. The molecule has 1 aromatic heterocycles. The molecule has 32 heavy (non-hydrogen) atoms. The van der Waals surface area contributed by atoms with Crippen molar-refractivity contribution < 1.29 is 4.79 Å². The summed E-state index contributed by atoms with van der Waals surface area (Å²) >= 11 is 1.56. The fourth-order valence-electron chi connectivity index (χ4n) is 4.85. The van der Waals surface area contributed by atoms with Gasteiger partial charge in [-0.15, -0.1) is 10.2 Å². The molecular formula is C24H34N6OS. The van der Waals surface area contributed by atoms with Crippen molar-refractivity contribution in [1.29, 1.82) is 0 Å². The van der Waals surface area contributed by atoms with Gasteiger partial charge in [-0.25, -0.2) is 0 Å². The first-order valence-electron chi connectivity index (χ1n) is 12.1. The molecule has 2 aromatic rings. The number of piperazine rings is 1. The number of hydrogen-bond donors (Lipinski definition) is 0. The van der Waals surface area contributed by atoms with Crippen LogP contribution in [0.3, 0.4) is 0 Å². The molecule has 5 rings (SSSR count). The van der Waals surface area contributed by atoms with E-state index in [0.29, 0.717) is 17.8 Å². The Morgan fingerprint density at radius 2 is 1.72 bits per heavy atom. The molecule has 1 aliphatic carbocycles. The van der Waals surface area contributed by atoms with Gasteiger partial charge >= 0.3 is 0 Å². The zero-order valence-electron chi connectivity index (χ0n) is 19.0. The molecule has 0 bridgehead atoms. The lowest BCUT2D eigenvalue weighted by molar-refractivity contribution is -0.130. The van der Waals surface area contributed by atoms with E-state index in [4.69, 9.17) is 0 Å². The van der Waals surface area contributed by atoms with Gasteiger partial charge < -0.3 is 9.80 Å². The molecule has 0 radical (unpaired) electrons. The Labute approximate surface area is 195 Å². The highest BCUT2D eigenvalue weighted by molar-refractivity contribution is 7.99. The number of amides is 1.